The van der Waals surface area contributed by atoms with Crippen LogP contribution in [-0.4, -0.2) is 51.4 Å². The van der Waals surface area contributed by atoms with Crippen LogP contribution >= 0.6 is 0 Å². The Morgan fingerprint density at radius 2 is 1.82 bits per heavy atom. The largest absolute Gasteiger partial charge is 0.486 e. The van der Waals surface area contributed by atoms with Gasteiger partial charge < -0.3 is 14.4 Å². The van der Waals surface area contributed by atoms with E-state index in [0.29, 0.717) is 30.7 Å². The van der Waals surface area contributed by atoms with Gasteiger partial charge in [0, 0.05) is 24.2 Å². The first kappa shape index (κ1) is 21.4. The number of ether oxygens (including phenoxy) is 2. The van der Waals surface area contributed by atoms with Crippen molar-refractivity contribution < 1.29 is 14.3 Å². The van der Waals surface area contributed by atoms with Gasteiger partial charge in [-0.25, -0.2) is 9.67 Å². The number of carbonyl (C=O) groups excluding carboxylic acids is 1. The highest BCUT2D eigenvalue weighted by molar-refractivity contribution is 6.06. The summed E-state index contributed by atoms with van der Waals surface area (Å²) in [5, 5.41) is 5.44. The third kappa shape index (κ3) is 3.62. The Kier molecular flexibility index (Phi) is 5.42. The smallest absolute Gasteiger partial charge is 0.254 e. The summed E-state index contributed by atoms with van der Waals surface area (Å²) in [6.07, 6.45) is 9.08. The van der Waals surface area contributed by atoms with Gasteiger partial charge in [-0.05, 0) is 69.7 Å². The standard InChI is InChI=1S/C27H32N4O3/c1-17(2)31-26-21(16-28-31)20(27(32)30-11-5-8-23(30)18-6-3-4-7-18)15-22(29-26)19-9-10-24-25(14-19)34-13-12-33-24/h9-10,14-18,23H,3-8,11-13H2,1-2H3. The van der Waals surface area contributed by atoms with Crippen LogP contribution in [0.15, 0.2) is 30.5 Å². The van der Waals surface area contributed by atoms with Crippen molar-refractivity contribution in [2.24, 2.45) is 5.92 Å². The molecule has 1 amide bonds. The van der Waals surface area contributed by atoms with Crippen LogP contribution in [0.4, 0.5) is 0 Å². The molecule has 1 saturated heterocycles. The zero-order valence-corrected chi connectivity index (χ0v) is 20.0. The lowest BCUT2D eigenvalue weighted by Crippen LogP contribution is -2.39. The lowest BCUT2D eigenvalue weighted by molar-refractivity contribution is 0.0691. The van der Waals surface area contributed by atoms with Gasteiger partial charge in [-0.2, -0.15) is 5.10 Å². The molecule has 1 aliphatic carbocycles. The van der Waals surface area contributed by atoms with Crippen molar-refractivity contribution in [2.75, 3.05) is 19.8 Å². The normalized spacial score (nSPS) is 20.6. The molecule has 3 aliphatic rings. The molecule has 3 aromatic rings. The molecule has 1 unspecified atom stereocenters. The molecule has 2 aliphatic heterocycles. The van der Waals surface area contributed by atoms with Gasteiger partial charge in [-0.15, -0.1) is 0 Å². The lowest BCUT2D eigenvalue weighted by Gasteiger charge is -2.29. The molecule has 7 nitrogen and oxygen atoms in total. The Hall–Kier alpha value is -3.09. The first-order valence-electron chi connectivity index (χ1n) is 12.7. The Morgan fingerprint density at radius 1 is 1.03 bits per heavy atom. The number of nitrogens with zero attached hydrogens (tertiary/aromatic N) is 4. The van der Waals surface area contributed by atoms with E-state index in [1.165, 1.54) is 25.7 Å². The van der Waals surface area contributed by atoms with E-state index in [1.54, 1.807) is 0 Å². The van der Waals surface area contributed by atoms with E-state index in [1.807, 2.05) is 35.1 Å². The van der Waals surface area contributed by atoms with Crippen molar-refractivity contribution >= 4 is 16.9 Å². The summed E-state index contributed by atoms with van der Waals surface area (Å²) >= 11 is 0. The molecule has 4 heterocycles. The van der Waals surface area contributed by atoms with Crippen LogP contribution in [0.5, 0.6) is 11.5 Å². The SMILES string of the molecule is CC(C)n1ncc2c(C(=O)N3CCCC3C3CCCC3)cc(-c3ccc4c(c3)OCCO4)nc21. The topological polar surface area (TPSA) is 69.5 Å². The van der Waals surface area contributed by atoms with E-state index in [9.17, 15) is 4.79 Å². The second kappa shape index (κ2) is 8.60. The molecule has 0 bridgehead atoms. The van der Waals surface area contributed by atoms with Gasteiger partial charge in [0.15, 0.2) is 17.1 Å². The predicted molar refractivity (Wildman–Crippen MR) is 130 cm³/mol. The second-order valence-electron chi connectivity index (χ2n) is 10.1. The number of pyridine rings is 1. The van der Waals surface area contributed by atoms with Crippen molar-refractivity contribution in [1.82, 2.24) is 19.7 Å². The number of hydrogen-bond acceptors (Lipinski definition) is 5. The van der Waals surface area contributed by atoms with Crippen molar-refractivity contribution in [2.45, 2.75) is 64.5 Å². The Balaban J connectivity index is 1.45. The molecule has 7 heteroatoms. The van der Waals surface area contributed by atoms with Gasteiger partial charge in [0.25, 0.3) is 5.91 Å². The van der Waals surface area contributed by atoms with E-state index < -0.39 is 0 Å². The molecular formula is C27H32N4O3. The maximum atomic E-state index is 14.0. The maximum absolute atomic E-state index is 14.0. The van der Waals surface area contributed by atoms with Crippen LogP contribution in [0.1, 0.15) is 68.8 Å². The summed E-state index contributed by atoms with van der Waals surface area (Å²) < 4.78 is 13.4. The molecule has 0 N–H and O–H groups in total. The molecule has 1 aromatic carbocycles. The van der Waals surface area contributed by atoms with Gasteiger partial charge >= 0.3 is 0 Å². The Bertz CT molecular complexity index is 1230. The van der Waals surface area contributed by atoms with Crippen LogP contribution < -0.4 is 9.47 Å². The summed E-state index contributed by atoms with van der Waals surface area (Å²) in [5.41, 5.74) is 3.12. The van der Waals surface area contributed by atoms with Crippen LogP contribution in [0.3, 0.4) is 0 Å². The lowest BCUT2D eigenvalue weighted by atomic mass is 9.95. The molecule has 2 fully saturated rings. The Labute approximate surface area is 200 Å². The summed E-state index contributed by atoms with van der Waals surface area (Å²) in [7, 11) is 0. The first-order valence-corrected chi connectivity index (χ1v) is 12.7. The highest BCUT2D eigenvalue weighted by Gasteiger charge is 2.37. The zero-order valence-electron chi connectivity index (χ0n) is 20.0. The highest BCUT2D eigenvalue weighted by Crippen LogP contribution is 2.38. The first-order chi connectivity index (χ1) is 16.6. The van der Waals surface area contributed by atoms with Crippen molar-refractivity contribution in [3.63, 3.8) is 0 Å². The Morgan fingerprint density at radius 3 is 2.62 bits per heavy atom. The molecule has 2 aromatic heterocycles. The van der Waals surface area contributed by atoms with Crippen molar-refractivity contribution in [3.05, 3.63) is 36.0 Å². The summed E-state index contributed by atoms with van der Waals surface area (Å²) in [5.74, 6) is 2.22. The molecule has 1 atom stereocenters. The van der Waals surface area contributed by atoms with Crippen LogP contribution in [0.25, 0.3) is 22.3 Å². The van der Waals surface area contributed by atoms with Crippen LogP contribution in [0, 0.1) is 5.92 Å². The van der Waals surface area contributed by atoms with E-state index in [4.69, 9.17) is 14.5 Å². The van der Waals surface area contributed by atoms with Crippen LogP contribution in [-0.2, 0) is 0 Å². The fraction of sp³-hybridized carbons (Fsp3) is 0.519. The average molecular weight is 461 g/mol. The maximum Gasteiger partial charge on any atom is 0.254 e. The number of benzene rings is 1. The quantitative estimate of drug-likeness (QED) is 0.532. The third-order valence-corrected chi connectivity index (χ3v) is 7.63. The average Bonchev–Trinajstić information content (AvgIpc) is 3.62. The minimum absolute atomic E-state index is 0.115. The van der Waals surface area contributed by atoms with Gasteiger partial charge in [0.05, 0.1) is 22.8 Å². The molecular weight excluding hydrogens is 428 g/mol. The predicted octanol–water partition coefficient (Wildman–Crippen LogP) is 5.25. The molecule has 1 saturated carbocycles. The zero-order chi connectivity index (χ0) is 23.2. The molecule has 34 heavy (non-hydrogen) atoms. The minimum atomic E-state index is 0.115. The summed E-state index contributed by atoms with van der Waals surface area (Å²) in [4.78, 5) is 21.2. The fourth-order valence-corrected chi connectivity index (χ4v) is 5.96. The number of amides is 1. The van der Waals surface area contributed by atoms with Crippen LogP contribution in [0.2, 0.25) is 0 Å². The fourth-order valence-electron chi connectivity index (χ4n) is 5.96. The van der Waals surface area contributed by atoms with Crippen molar-refractivity contribution in [1.29, 1.82) is 0 Å². The number of likely N-dealkylation sites (tertiary alicyclic amines) is 1. The third-order valence-electron chi connectivity index (χ3n) is 7.63. The number of carbonyl (C=O) groups is 1. The molecule has 0 radical (unpaired) electrons. The van der Waals surface area contributed by atoms with E-state index in [0.717, 1.165) is 53.2 Å². The van der Waals surface area contributed by atoms with E-state index in [-0.39, 0.29) is 11.9 Å². The molecule has 178 valence electrons. The van der Waals surface area contributed by atoms with E-state index >= 15 is 0 Å². The molecule has 0 spiro atoms. The second-order valence-corrected chi connectivity index (χ2v) is 10.1. The van der Waals surface area contributed by atoms with Gasteiger partial charge in [-0.3, -0.25) is 4.79 Å². The van der Waals surface area contributed by atoms with Gasteiger partial charge in [0.1, 0.15) is 13.2 Å². The van der Waals surface area contributed by atoms with Gasteiger partial charge in [-0.1, -0.05) is 12.8 Å². The number of aromatic nitrogens is 3. The number of rotatable bonds is 4. The number of hydrogen-bond donors (Lipinski definition) is 0. The minimum Gasteiger partial charge on any atom is -0.486 e. The molecule has 6 rings (SSSR count). The van der Waals surface area contributed by atoms with E-state index in [2.05, 4.69) is 23.8 Å². The summed E-state index contributed by atoms with van der Waals surface area (Å²) in [6, 6.07) is 8.32. The number of fused-ring (bicyclic) bond motifs is 2. The highest BCUT2D eigenvalue weighted by atomic mass is 16.6. The monoisotopic (exact) mass is 460 g/mol. The van der Waals surface area contributed by atoms with Gasteiger partial charge in [0.2, 0.25) is 0 Å². The summed E-state index contributed by atoms with van der Waals surface area (Å²) in [6.45, 7) is 6.10. The van der Waals surface area contributed by atoms with Crippen molar-refractivity contribution in [3.8, 4) is 22.8 Å².